The lowest BCUT2D eigenvalue weighted by Crippen LogP contribution is -2.26. The number of nitrogens with zero attached hydrogens (tertiary/aromatic N) is 5. The largest absolute Gasteiger partial charge is 0.486 e. The number of aromatic nitrogens is 4. The van der Waals surface area contributed by atoms with E-state index in [2.05, 4.69) is 15.5 Å². The van der Waals surface area contributed by atoms with E-state index in [9.17, 15) is 9.18 Å². The number of aryl methyl sites for hydroxylation is 1. The van der Waals surface area contributed by atoms with Crippen molar-refractivity contribution >= 4 is 5.91 Å². The molecule has 0 radical (unpaired) electrons. The summed E-state index contributed by atoms with van der Waals surface area (Å²) in [4.78, 5) is 14.1. The van der Waals surface area contributed by atoms with E-state index in [0.717, 1.165) is 5.56 Å². The maximum atomic E-state index is 13.0. The predicted molar refractivity (Wildman–Crippen MR) is 96.5 cm³/mol. The summed E-state index contributed by atoms with van der Waals surface area (Å²) in [6, 6.07) is 13.0. The van der Waals surface area contributed by atoms with Crippen LogP contribution in [-0.4, -0.2) is 38.1 Å². The quantitative estimate of drug-likeness (QED) is 0.640. The molecule has 0 aliphatic rings. The van der Waals surface area contributed by atoms with Crippen LogP contribution in [0.3, 0.4) is 0 Å². The van der Waals surface area contributed by atoms with Crippen LogP contribution >= 0.6 is 0 Å². The van der Waals surface area contributed by atoms with Crippen molar-refractivity contribution in [2.24, 2.45) is 0 Å². The van der Waals surface area contributed by atoms with Crippen molar-refractivity contribution in [3.63, 3.8) is 0 Å². The van der Waals surface area contributed by atoms with Gasteiger partial charge in [-0.25, -0.2) is 9.07 Å². The second-order valence-corrected chi connectivity index (χ2v) is 6.01. The molecule has 0 fully saturated rings. The summed E-state index contributed by atoms with van der Waals surface area (Å²) >= 11 is 0. The van der Waals surface area contributed by atoms with Crippen LogP contribution in [0.1, 0.15) is 28.7 Å². The van der Waals surface area contributed by atoms with Crippen LogP contribution < -0.4 is 4.74 Å². The number of carbonyl (C=O) groups excluding carboxylic acids is 1. The van der Waals surface area contributed by atoms with Crippen molar-refractivity contribution in [3.05, 3.63) is 71.3 Å². The molecule has 140 valence electrons. The summed E-state index contributed by atoms with van der Waals surface area (Å²) in [6.07, 6.45) is 0. The van der Waals surface area contributed by atoms with Gasteiger partial charge in [-0.3, -0.25) is 4.79 Å². The van der Waals surface area contributed by atoms with Gasteiger partial charge in [0, 0.05) is 25.7 Å². The Kier molecular flexibility index (Phi) is 5.75. The minimum absolute atomic E-state index is 0.124. The molecule has 0 unspecified atom stereocenters. The number of amides is 1. The van der Waals surface area contributed by atoms with Crippen molar-refractivity contribution in [3.8, 4) is 5.75 Å². The second kappa shape index (κ2) is 8.39. The maximum absolute atomic E-state index is 13.0. The molecule has 2 aromatic carbocycles. The number of carbonyl (C=O) groups is 1. The van der Waals surface area contributed by atoms with E-state index in [4.69, 9.17) is 4.74 Å². The Morgan fingerprint density at radius 3 is 2.52 bits per heavy atom. The lowest BCUT2D eigenvalue weighted by molar-refractivity contribution is 0.0785. The highest BCUT2D eigenvalue weighted by atomic mass is 19.1. The second-order valence-electron chi connectivity index (χ2n) is 6.01. The Hall–Kier alpha value is -3.29. The van der Waals surface area contributed by atoms with Gasteiger partial charge in [0.15, 0.2) is 5.82 Å². The molecule has 0 atom stereocenters. The fourth-order valence-corrected chi connectivity index (χ4v) is 2.57. The first-order chi connectivity index (χ1) is 13.1. The van der Waals surface area contributed by atoms with Gasteiger partial charge in [0.1, 0.15) is 18.2 Å². The standard InChI is InChI=1S/C19H20FN5O2/c1-3-25-18(21-22-23-25)13-27-17-10-6-15(7-11-17)19(26)24(2)12-14-4-8-16(20)9-5-14/h4-11H,3,12-13H2,1-2H3. The van der Waals surface area contributed by atoms with Gasteiger partial charge in [0.2, 0.25) is 0 Å². The van der Waals surface area contributed by atoms with Crippen molar-refractivity contribution in [2.75, 3.05) is 7.05 Å². The van der Waals surface area contributed by atoms with E-state index in [1.807, 2.05) is 6.92 Å². The maximum Gasteiger partial charge on any atom is 0.253 e. The smallest absolute Gasteiger partial charge is 0.253 e. The summed E-state index contributed by atoms with van der Waals surface area (Å²) in [5, 5.41) is 11.4. The molecule has 0 aliphatic heterocycles. The molecule has 8 heteroatoms. The lowest BCUT2D eigenvalue weighted by atomic mass is 10.1. The first-order valence-electron chi connectivity index (χ1n) is 8.54. The van der Waals surface area contributed by atoms with Crippen LogP contribution in [0.5, 0.6) is 5.75 Å². The molecule has 3 aromatic rings. The van der Waals surface area contributed by atoms with Crippen LogP contribution in [-0.2, 0) is 19.7 Å². The molecule has 1 amide bonds. The van der Waals surface area contributed by atoms with E-state index in [1.165, 1.54) is 12.1 Å². The molecule has 0 aliphatic carbocycles. The number of hydrogen-bond donors (Lipinski definition) is 0. The number of ether oxygens (including phenoxy) is 1. The monoisotopic (exact) mass is 369 g/mol. The van der Waals surface area contributed by atoms with Gasteiger partial charge in [-0.05, 0) is 59.3 Å². The van der Waals surface area contributed by atoms with Crippen molar-refractivity contribution in [1.82, 2.24) is 25.1 Å². The van der Waals surface area contributed by atoms with Gasteiger partial charge >= 0.3 is 0 Å². The van der Waals surface area contributed by atoms with Gasteiger partial charge in [0.25, 0.3) is 5.91 Å². The van der Waals surface area contributed by atoms with Crippen LogP contribution in [0.4, 0.5) is 4.39 Å². The van der Waals surface area contributed by atoms with E-state index in [1.54, 1.807) is 53.0 Å². The topological polar surface area (TPSA) is 73.1 Å². The number of hydrogen-bond acceptors (Lipinski definition) is 5. The van der Waals surface area contributed by atoms with Crippen molar-refractivity contribution < 1.29 is 13.9 Å². The number of halogens is 1. The molecule has 7 nitrogen and oxygen atoms in total. The fourth-order valence-electron chi connectivity index (χ4n) is 2.57. The SMILES string of the molecule is CCn1nnnc1COc1ccc(C(=O)N(C)Cc2ccc(F)cc2)cc1. The summed E-state index contributed by atoms with van der Waals surface area (Å²) < 4.78 is 20.3. The Morgan fingerprint density at radius 1 is 1.15 bits per heavy atom. The molecule has 0 spiro atoms. The third-order valence-electron chi connectivity index (χ3n) is 4.05. The van der Waals surface area contributed by atoms with Crippen LogP contribution in [0.2, 0.25) is 0 Å². The zero-order valence-electron chi connectivity index (χ0n) is 15.2. The molecule has 0 saturated carbocycles. The highest BCUT2D eigenvalue weighted by molar-refractivity contribution is 5.94. The van der Waals surface area contributed by atoms with Crippen LogP contribution in [0.15, 0.2) is 48.5 Å². The molecule has 0 bridgehead atoms. The summed E-state index contributed by atoms with van der Waals surface area (Å²) in [7, 11) is 1.71. The third-order valence-corrected chi connectivity index (χ3v) is 4.05. The van der Waals surface area contributed by atoms with Gasteiger partial charge in [-0.15, -0.1) is 5.10 Å². The Labute approximate surface area is 156 Å². The average Bonchev–Trinajstić information content (AvgIpc) is 3.15. The first kappa shape index (κ1) is 18.5. The average molecular weight is 369 g/mol. The van der Waals surface area contributed by atoms with Gasteiger partial charge in [-0.2, -0.15) is 0 Å². The Morgan fingerprint density at radius 2 is 1.85 bits per heavy atom. The van der Waals surface area contributed by atoms with Crippen molar-refractivity contribution in [2.45, 2.75) is 26.6 Å². The van der Waals surface area contributed by atoms with Crippen LogP contribution in [0, 0.1) is 5.82 Å². The molecule has 1 heterocycles. The van der Waals surface area contributed by atoms with Gasteiger partial charge in [-0.1, -0.05) is 12.1 Å². The van der Waals surface area contributed by atoms with E-state index < -0.39 is 0 Å². The molecular weight excluding hydrogens is 349 g/mol. The molecular formula is C19H20FN5O2. The van der Waals surface area contributed by atoms with Gasteiger partial charge in [0.05, 0.1) is 0 Å². The third kappa shape index (κ3) is 4.66. The molecule has 27 heavy (non-hydrogen) atoms. The molecule has 1 aromatic heterocycles. The molecule has 0 saturated heterocycles. The molecule has 0 N–H and O–H groups in total. The first-order valence-corrected chi connectivity index (χ1v) is 8.54. The summed E-state index contributed by atoms with van der Waals surface area (Å²) in [6.45, 7) is 3.26. The summed E-state index contributed by atoms with van der Waals surface area (Å²) in [5.41, 5.74) is 1.41. The summed E-state index contributed by atoms with van der Waals surface area (Å²) in [5.74, 6) is 0.840. The lowest BCUT2D eigenvalue weighted by Gasteiger charge is -2.17. The van der Waals surface area contributed by atoms with E-state index >= 15 is 0 Å². The van der Waals surface area contributed by atoms with E-state index in [-0.39, 0.29) is 18.3 Å². The highest BCUT2D eigenvalue weighted by Gasteiger charge is 2.12. The van der Waals surface area contributed by atoms with Crippen molar-refractivity contribution in [1.29, 1.82) is 0 Å². The zero-order valence-corrected chi connectivity index (χ0v) is 15.2. The minimum Gasteiger partial charge on any atom is -0.486 e. The molecule has 3 rings (SSSR count). The fraction of sp³-hybridized carbons (Fsp3) is 0.263. The normalized spacial score (nSPS) is 10.6. The number of tetrazole rings is 1. The highest BCUT2D eigenvalue weighted by Crippen LogP contribution is 2.16. The Balaban J connectivity index is 1.58. The van der Waals surface area contributed by atoms with Crippen LogP contribution in [0.25, 0.3) is 0 Å². The van der Waals surface area contributed by atoms with Gasteiger partial charge < -0.3 is 9.64 Å². The van der Waals surface area contributed by atoms with E-state index in [0.29, 0.717) is 30.2 Å². The number of rotatable bonds is 7. The number of benzene rings is 2. The zero-order chi connectivity index (χ0) is 19.2. The Bertz CT molecular complexity index is 893. The predicted octanol–water partition coefficient (Wildman–Crippen LogP) is 2.68. The minimum atomic E-state index is -0.295.